The van der Waals surface area contributed by atoms with Gasteiger partial charge in [0.1, 0.15) is 5.75 Å². The number of hydrogen-bond donors (Lipinski definition) is 2. The third-order valence-corrected chi connectivity index (χ3v) is 2.47. The first-order valence-electron chi connectivity index (χ1n) is 4.24. The molecule has 2 N–H and O–H groups in total. The molecule has 1 rings (SSSR count). The molecule has 0 bridgehead atoms. The Bertz CT molecular complexity index is 297. The molecule has 0 spiro atoms. The van der Waals surface area contributed by atoms with E-state index in [4.69, 9.17) is 16.7 Å². The fourth-order valence-electron chi connectivity index (χ4n) is 1.18. The van der Waals surface area contributed by atoms with Gasteiger partial charge in [-0.05, 0) is 30.9 Å². The minimum Gasteiger partial charge on any atom is -0.506 e. The van der Waals surface area contributed by atoms with Gasteiger partial charge in [0.15, 0.2) is 0 Å². The van der Waals surface area contributed by atoms with Gasteiger partial charge in [-0.3, -0.25) is 0 Å². The van der Waals surface area contributed by atoms with Crippen molar-refractivity contribution in [2.24, 2.45) is 0 Å². The number of aliphatic hydroxyl groups is 1. The molecule has 0 aliphatic rings. The lowest BCUT2D eigenvalue weighted by Crippen LogP contribution is -1.91. The van der Waals surface area contributed by atoms with E-state index in [1.54, 1.807) is 0 Å². The summed E-state index contributed by atoms with van der Waals surface area (Å²) >= 11 is 5.85. The van der Waals surface area contributed by atoms with Crippen LogP contribution >= 0.6 is 11.6 Å². The monoisotopic (exact) mass is 200 g/mol. The summed E-state index contributed by atoms with van der Waals surface area (Å²) in [5.74, 6) is 0.148. The lowest BCUT2D eigenvalue weighted by molar-refractivity contribution is 0.288. The number of halogens is 1. The largest absolute Gasteiger partial charge is 0.506 e. The van der Waals surface area contributed by atoms with Crippen molar-refractivity contribution < 1.29 is 10.2 Å². The number of aliphatic hydroxyl groups excluding tert-OH is 1. The Balaban J connectivity index is 2.90. The summed E-state index contributed by atoms with van der Waals surface area (Å²) in [4.78, 5) is 0. The number of aromatic hydroxyl groups is 1. The van der Waals surface area contributed by atoms with E-state index in [1.165, 1.54) is 0 Å². The van der Waals surface area contributed by atoms with Crippen molar-refractivity contribution in [3.05, 3.63) is 28.3 Å². The minimum absolute atomic E-state index is 0.130. The molecule has 0 heterocycles. The quantitative estimate of drug-likeness (QED) is 0.786. The lowest BCUT2D eigenvalue weighted by atomic mass is 10.1. The van der Waals surface area contributed by atoms with Crippen LogP contribution in [0.2, 0.25) is 5.02 Å². The standard InChI is InChI=1S/C10H13ClO2/c1-7-4-5-8(3-2-6-12)10(13)9(7)11/h4-5,12-13H,2-3,6H2,1H3. The van der Waals surface area contributed by atoms with Gasteiger partial charge in [-0.2, -0.15) is 0 Å². The molecule has 0 atom stereocenters. The molecular weight excluding hydrogens is 188 g/mol. The number of phenols is 1. The molecule has 3 heteroatoms. The second kappa shape index (κ2) is 4.49. The van der Waals surface area contributed by atoms with Crippen LogP contribution in [-0.2, 0) is 6.42 Å². The number of hydrogen-bond acceptors (Lipinski definition) is 2. The van der Waals surface area contributed by atoms with Gasteiger partial charge in [-0.15, -0.1) is 0 Å². The van der Waals surface area contributed by atoms with Crippen LogP contribution in [0.1, 0.15) is 17.5 Å². The maximum Gasteiger partial charge on any atom is 0.137 e. The van der Waals surface area contributed by atoms with Crippen LogP contribution in [0.4, 0.5) is 0 Å². The first kappa shape index (κ1) is 10.4. The topological polar surface area (TPSA) is 40.5 Å². The highest BCUT2D eigenvalue weighted by molar-refractivity contribution is 6.32. The molecule has 0 aromatic heterocycles. The second-order valence-electron chi connectivity index (χ2n) is 3.03. The van der Waals surface area contributed by atoms with E-state index >= 15 is 0 Å². The molecule has 0 aliphatic carbocycles. The van der Waals surface area contributed by atoms with Gasteiger partial charge < -0.3 is 10.2 Å². The maximum atomic E-state index is 9.59. The smallest absolute Gasteiger partial charge is 0.137 e. The van der Waals surface area contributed by atoms with Gasteiger partial charge in [0, 0.05) is 6.61 Å². The Morgan fingerprint density at radius 1 is 1.38 bits per heavy atom. The summed E-state index contributed by atoms with van der Waals surface area (Å²) in [6, 6.07) is 3.71. The van der Waals surface area contributed by atoms with Crippen LogP contribution in [-0.4, -0.2) is 16.8 Å². The normalized spacial score (nSPS) is 10.4. The van der Waals surface area contributed by atoms with Crippen LogP contribution in [0.5, 0.6) is 5.75 Å². The molecule has 0 amide bonds. The molecule has 0 fully saturated rings. The van der Waals surface area contributed by atoms with Gasteiger partial charge >= 0.3 is 0 Å². The number of aryl methyl sites for hydroxylation is 2. The van der Waals surface area contributed by atoms with Crippen LogP contribution in [0.25, 0.3) is 0 Å². The number of rotatable bonds is 3. The molecule has 1 aromatic rings. The van der Waals surface area contributed by atoms with Gasteiger partial charge in [0.2, 0.25) is 0 Å². The highest BCUT2D eigenvalue weighted by Crippen LogP contribution is 2.30. The van der Waals surface area contributed by atoms with Crippen molar-refractivity contribution in [2.75, 3.05) is 6.61 Å². The lowest BCUT2D eigenvalue weighted by Gasteiger charge is -2.07. The van der Waals surface area contributed by atoms with Crippen molar-refractivity contribution in [1.29, 1.82) is 0 Å². The Morgan fingerprint density at radius 3 is 2.69 bits per heavy atom. The summed E-state index contributed by atoms with van der Waals surface area (Å²) in [7, 11) is 0. The van der Waals surface area contributed by atoms with Gasteiger partial charge in [-0.25, -0.2) is 0 Å². The molecule has 2 nitrogen and oxygen atoms in total. The van der Waals surface area contributed by atoms with Crippen LogP contribution in [0.15, 0.2) is 12.1 Å². The molecule has 0 saturated heterocycles. The summed E-state index contributed by atoms with van der Waals surface area (Å²) in [5, 5.41) is 18.6. The highest BCUT2D eigenvalue weighted by Gasteiger charge is 2.07. The second-order valence-corrected chi connectivity index (χ2v) is 3.41. The Hall–Kier alpha value is -0.730. The van der Waals surface area contributed by atoms with Crippen LogP contribution in [0.3, 0.4) is 0 Å². The molecule has 13 heavy (non-hydrogen) atoms. The van der Waals surface area contributed by atoms with E-state index in [-0.39, 0.29) is 12.4 Å². The Morgan fingerprint density at radius 2 is 2.08 bits per heavy atom. The van der Waals surface area contributed by atoms with Gasteiger partial charge in [0.25, 0.3) is 0 Å². The average molecular weight is 201 g/mol. The van der Waals surface area contributed by atoms with Crippen molar-refractivity contribution in [3.8, 4) is 5.75 Å². The molecule has 0 unspecified atom stereocenters. The third kappa shape index (κ3) is 2.36. The fraction of sp³-hybridized carbons (Fsp3) is 0.400. The zero-order chi connectivity index (χ0) is 9.84. The van der Waals surface area contributed by atoms with Gasteiger partial charge in [-0.1, -0.05) is 23.7 Å². The molecule has 0 saturated carbocycles. The SMILES string of the molecule is Cc1ccc(CCCO)c(O)c1Cl. The zero-order valence-electron chi connectivity index (χ0n) is 7.55. The van der Waals surface area contributed by atoms with Crippen LogP contribution in [0, 0.1) is 6.92 Å². The van der Waals surface area contributed by atoms with Crippen molar-refractivity contribution in [3.63, 3.8) is 0 Å². The Kier molecular flexibility index (Phi) is 3.58. The van der Waals surface area contributed by atoms with Crippen molar-refractivity contribution in [1.82, 2.24) is 0 Å². The highest BCUT2D eigenvalue weighted by atomic mass is 35.5. The Labute approximate surface area is 82.8 Å². The minimum atomic E-state index is 0.130. The summed E-state index contributed by atoms with van der Waals surface area (Å²) < 4.78 is 0. The number of benzene rings is 1. The predicted molar refractivity (Wildman–Crippen MR) is 53.3 cm³/mol. The third-order valence-electron chi connectivity index (χ3n) is 2.00. The molecule has 0 aliphatic heterocycles. The molecular formula is C10H13ClO2. The molecule has 72 valence electrons. The molecule has 0 radical (unpaired) electrons. The summed E-state index contributed by atoms with van der Waals surface area (Å²) in [6.07, 6.45) is 1.30. The van der Waals surface area contributed by atoms with E-state index < -0.39 is 0 Å². The average Bonchev–Trinajstić information content (AvgIpc) is 2.13. The van der Waals surface area contributed by atoms with E-state index in [2.05, 4.69) is 0 Å². The first-order valence-corrected chi connectivity index (χ1v) is 4.62. The van der Waals surface area contributed by atoms with Gasteiger partial charge in [0.05, 0.1) is 5.02 Å². The van der Waals surface area contributed by atoms with E-state index in [9.17, 15) is 5.11 Å². The maximum absolute atomic E-state index is 9.59. The van der Waals surface area contributed by atoms with E-state index in [0.29, 0.717) is 17.9 Å². The predicted octanol–water partition coefficient (Wildman–Crippen LogP) is 2.28. The fourth-order valence-corrected chi connectivity index (χ4v) is 1.36. The first-order chi connectivity index (χ1) is 6.16. The molecule has 1 aromatic carbocycles. The summed E-state index contributed by atoms with van der Waals surface area (Å²) in [6.45, 7) is 1.98. The van der Waals surface area contributed by atoms with E-state index in [1.807, 2.05) is 19.1 Å². The van der Waals surface area contributed by atoms with Crippen molar-refractivity contribution >= 4 is 11.6 Å². The zero-order valence-corrected chi connectivity index (χ0v) is 8.30. The van der Waals surface area contributed by atoms with E-state index in [0.717, 1.165) is 11.1 Å². The summed E-state index contributed by atoms with van der Waals surface area (Å²) in [5.41, 5.74) is 1.66. The van der Waals surface area contributed by atoms with Crippen molar-refractivity contribution in [2.45, 2.75) is 19.8 Å². The number of phenolic OH excluding ortho intramolecular Hbond substituents is 1. The van der Waals surface area contributed by atoms with Crippen LogP contribution < -0.4 is 0 Å².